The van der Waals surface area contributed by atoms with Gasteiger partial charge in [-0.25, -0.2) is 10.2 Å². The molecule has 1 aliphatic heterocycles. The highest BCUT2D eigenvalue weighted by Crippen LogP contribution is 2.32. The van der Waals surface area contributed by atoms with Gasteiger partial charge in [-0.15, -0.1) is 0 Å². The van der Waals surface area contributed by atoms with Crippen molar-refractivity contribution in [3.05, 3.63) is 59.5 Å². The van der Waals surface area contributed by atoms with Crippen molar-refractivity contribution in [2.75, 3.05) is 38.2 Å². The minimum absolute atomic E-state index is 0.0584. The largest absolute Gasteiger partial charge is 0.496 e. The Kier molecular flexibility index (Phi) is 6.13. The molecule has 1 saturated heterocycles. The number of nitrogens with two attached hydrogens (primary N) is 1. The van der Waals surface area contributed by atoms with E-state index in [4.69, 9.17) is 21.5 Å². The molecule has 0 bridgehead atoms. The summed E-state index contributed by atoms with van der Waals surface area (Å²) in [7, 11) is 3.44. The Hall–Kier alpha value is -3.07. The number of nitrogens with zero attached hydrogens (tertiary/aromatic N) is 4. The van der Waals surface area contributed by atoms with Crippen LogP contribution in [0.2, 0.25) is 5.02 Å². The number of piperazine rings is 1. The molecule has 162 valence electrons. The minimum Gasteiger partial charge on any atom is -0.496 e. The van der Waals surface area contributed by atoms with E-state index in [2.05, 4.69) is 9.88 Å². The molecule has 0 unspecified atom stereocenters. The lowest BCUT2D eigenvalue weighted by Crippen LogP contribution is -2.73. The van der Waals surface area contributed by atoms with Crippen LogP contribution in [-0.4, -0.2) is 58.9 Å². The Morgan fingerprint density at radius 3 is 2.58 bits per heavy atom. The van der Waals surface area contributed by atoms with Gasteiger partial charge in [0.2, 0.25) is 0 Å². The first-order valence-electron chi connectivity index (χ1n) is 9.99. The van der Waals surface area contributed by atoms with Crippen molar-refractivity contribution >= 4 is 28.9 Å². The third kappa shape index (κ3) is 4.10. The Morgan fingerprint density at radius 2 is 1.90 bits per heavy atom. The van der Waals surface area contributed by atoms with Gasteiger partial charge in [0, 0.05) is 50.9 Å². The number of halogens is 1. The van der Waals surface area contributed by atoms with E-state index in [0.717, 1.165) is 16.7 Å². The fourth-order valence-corrected chi connectivity index (χ4v) is 4.19. The summed E-state index contributed by atoms with van der Waals surface area (Å²) in [6.07, 6.45) is 1.66. The van der Waals surface area contributed by atoms with Crippen LogP contribution in [0.15, 0.2) is 48.8 Å². The normalized spacial score (nSPS) is 14.1. The number of carbonyl (C=O) groups excluding carboxylic acids is 1. The minimum atomic E-state index is -0.0584. The van der Waals surface area contributed by atoms with Gasteiger partial charge in [0.15, 0.2) is 5.69 Å². The summed E-state index contributed by atoms with van der Waals surface area (Å²) in [6.45, 7) is 2.46. The maximum absolute atomic E-state index is 13.4. The summed E-state index contributed by atoms with van der Waals surface area (Å²) in [6, 6.07) is 13.0. The molecule has 0 aliphatic carbocycles. The predicted molar refractivity (Wildman–Crippen MR) is 118 cm³/mol. The summed E-state index contributed by atoms with van der Waals surface area (Å²) in [4.78, 5) is 21.9. The first kappa shape index (κ1) is 21.2. The van der Waals surface area contributed by atoms with Crippen LogP contribution < -0.4 is 15.1 Å². The van der Waals surface area contributed by atoms with Gasteiger partial charge in [0.05, 0.1) is 24.1 Å². The fraction of sp³-hybridized carbons (Fsp3) is 0.273. The van der Waals surface area contributed by atoms with Crippen molar-refractivity contribution in [1.29, 1.82) is 0 Å². The molecule has 0 spiro atoms. The maximum atomic E-state index is 13.4. The second-order valence-corrected chi connectivity index (χ2v) is 7.78. The van der Waals surface area contributed by atoms with Gasteiger partial charge in [-0.2, -0.15) is 5.48 Å². The molecule has 9 heteroatoms. The number of aryl methyl sites for hydroxylation is 1. The van der Waals surface area contributed by atoms with E-state index >= 15 is 0 Å². The SMILES string of the molecule is COc1ccccc1-c1ncn(C)c1C(=O)N1CCN(c2ccc([NH2+]O)cc2Cl)CC1. The van der Waals surface area contributed by atoms with E-state index in [1.165, 1.54) is 0 Å². The monoisotopic (exact) mass is 442 g/mol. The molecule has 0 saturated carbocycles. The first-order chi connectivity index (χ1) is 15.0. The Labute approximate surface area is 185 Å². The van der Waals surface area contributed by atoms with Crippen molar-refractivity contribution in [3.63, 3.8) is 0 Å². The summed E-state index contributed by atoms with van der Waals surface area (Å²) < 4.78 is 7.23. The molecule has 2 heterocycles. The third-order valence-electron chi connectivity index (χ3n) is 5.53. The smallest absolute Gasteiger partial charge is 0.272 e. The van der Waals surface area contributed by atoms with E-state index in [1.54, 1.807) is 24.1 Å². The number of hydrogen-bond acceptors (Lipinski definition) is 5. The van der Waals surface area contributed by atoms with Crippen molar-refractivity contribution in [2.45, 2.75) is 0 Å². The van der Waals surface area contributed by atoms with Gasteiger partial charge in [-0.05, 0) is 18.2 Å². The van der Waals surface area contributed by atoms with Gasteiger partial charge in [-0.1, -0.05) is 23.7 Å². The van der Waals surface area contributed by atoms with E-state index < -0.39 is 0 Å². The van der Waals surface area contributed by atoms with Gasteiger partial charge in [-0.3, -0.25) is 4.79 Å². The molecule has 1 aliphatic rings. The lowest BCUT2D eigenvalue weighted by Gasteiger charge is -2.36. The second kappa shape index (κ2) is 8.97. The van der Waals surface area contributed by atoms with Crippen LogP contribution in [0.3, 0.4) is 0 Å². The average Bonchev–Trinajstić information content (AvgIpc) is 3.19. The second-order valence-electron chi connectivity index (χ2n) is 7.37. The van der Waals surface area contributed by atoms with Crippen LogP contribution in [0.5, 0.6) is 5.75 Å². The highest BCUT2D eigenvalue weighted by Gasteiger charge is 2.28. The average molecular weight is 443 g/mol. The van der Waals surface area contributed by atoms with E-state index in [1.807, 2.05) is 48.3 Å². The van der Waals surface area contributed by atoms with Gasteiger partial charge in [0.1, 0.15) is 17.1 Å². The number of ether oxygens (including phenoxy) is 1. The predicted octanol–water partition coefficient (Wildman–Crippen LogP) is 2.30. The van der Waals surface area contributed by atoms with Crippen molar-refractivity contribution in [3.8, 4) is 17.0 Å². The van der Waals surface area contributed by atoms with Crippen LogP contribution >= 0.6 is 11.6 Å². The number of para-hydroxylation sites is 1. The summed E-state index contributed by atoms with van der Waals surface area (Å²) in [5.74, 6) is 0.621. The van der Waals surface area contributed by atoms with Gasteiger partial charge < -0.3 is 19.1 Å². The van der Waals surface area contributed by atoms with Crippen molar-refractivity contribution < 1.29 is 20.2 Å². The lowest BCUT2D eigenvalue weighted by molar-refractivity contribution is -0.825. The van der Waals surface area contributed by atoms with Crippen LogP contribution in [-0.2, 0) is 7.05 Å². The molecule has 0 atom stereocenters. The fourth-order valence-electron chi connectivity index (χ4n) is 3.88. The quantitative estimate of drug-likeness (QED) is 0.467. The van der Waals surface area contributed by atoms with Gasteiger partial charge >= 0.3 is 0 Å². The summed E-state index contributed by atoms with van der Waals surface area (Å²) in [5, 5.41) is 9.73. The molecule has 3 N–H and O–H groups in total. The maximum Gasteiger partial charge on any atom is 0.272 e. The van der Waals surface area contributed by atoms with E-state index in [9.17, 15) is 4.79 Å². The molecule has 0 radical (unpaired) electrons. The molecular formula is C22H25ClN5O3+. The number of imidazole rings is 1. The van der Waals surface area contributed by atoms with E-state index in [-0.39, 0.29) is 5.91 Å². The Balaban J connectivity index is 1.53. The first-order valence-corrected chi connectivity index (χ1v) is 10.4. The van der Waals surface area contributed by atoms with Crippen LogP contribution in [0.4, 0.5) is 11.4 Å². The number of benzene rings is 2. The number of methoxy groups -OCH3 is 1. The van der Waals surface area contributed by atoms with Crippen molar-refractivity contribution in [2.24, 2.45) is 7.05 Å². The highest BCUT2D eigenvalue weighted by molar-refractivity contribution is 6.33. The zero-order valence-electron chi connectivity index (χ0n) is 17.5. The zero-order valence-corrected chi connectivity index (χ0v) is 18.2. The third-order valence-corrected chi connectivity index (χ3v) is 5.83. The lowest BCUT2D eigenvalue weighted by atomic mass is 10.1. The number of hydrogen-bond donors (Lipinski definition) is 2. The standard InChI is InChI=1S/C22H24ClN5O3/c1-26-14-24-20(16-5-3-4-6-19(16)31-2)21(26)22(29)28-11-9-27(10-12-28)18-8-7-15(25-30)13-17(18)23/h3-8,13-14,25,30H,9-12H2,1-2H3/p+1. The van der Waals surface area contributed by atoms with Crippen LogP contribution in [0, 0.1) is 0 Å². The molecular weight excluding hydrogens is 418 g/mol. The Morgan fingerprint density at radius 1 is 1.16 bits per heavy atom. The number of quaternary nitrogens is 1. The van der Waals surface area contributed by atoms with Crippen LogP contribution in [0.25, 0.3) is 11.3 Å². The molecule has 2 aromatic carbocycles. The van der Waals surface area contributed by atoms with Crippen LogP contribution in [0.1, 0.15) is 10.5 Å². The number of rotatable bonds is 5. The number of anilines is 1. The molecule has 31 heavy (non-hydrogen) atoms. The molecule has 4 rings (SSSR count). The zero-order chi connectivity index (χ0) is 22.0. The Bertz CT molecular complexity index is 1090. The number of carbonyl (C=O) groups is 1. The topological polar surface area (TPSA) is 87.4 Å². The van der Waals surface area contributed by atoms with Gasteiger partial charge in [0.25, 0.3) is 5.91 Å². The van der Waals surface area contributed by atoms with E-state index in [0.29, 0.717) is 54.0 Å². The molecule has 8 nitrogen and oxygen atoms in total. The number of aromatic nitrogens is 2. The molecule has 1 fully saturated rings. The molecule has 3 aromatic rings. The molecule has 1 amide bonds. The summed E-state index contributed by atoms with van der Waals surface area (Å²) in [5.41, 5.74) is 4.53. The highest BCUT2D eigenvalue weighted by atomic mass is 35.5. The van der Waals surface area contributed by atoms with Crippen molar-refractivity contribution in [1.82, 2.24) is 14.5 Å². The molecule has 1 aromatic heterocycles. The summed E-state index contributed by atoms with van der Waals surface area (Å²) >= 11 is 6.38. The number of amides is 1.